The summed E-state index contributed by atoms with van der Waals surface area (Å²) < 4.78 is 0. The van der Waals surface area contributed by atoms with Gasteiger partial charge in [-0.1, -0.05) is 19.9 Å². The van der Waals surface area contributed by atoms with Crippen LogP contribution in [-0.2, 0) is 4.79 Å². The number of nitrogens with two attached hydrogens (primary N) is 1. The molecule has 1 aromatic rings. The Hall–Kier alpha value is -0.870. The highest BCUT2D eigenvalue weighted by Crippen LogP contribution is 2.19. The molecule has 1 rings (SSSR count). The molecule has 0 spiro atoms. The van der Waals surface area contributed by atoms with E-state index >= 15 is 0 Å². The van der Waals surface area contributed by atoms with Gasteiger partial charge in [0.05, 0.1) is 6.04 Å². The zero-order valence-corrected chi connectivity index (χ0v) is 12.3. The van der Waals surface area contributed by atoms with Crippen molar-refractivity contribution in [3.05, 3.63) is 22.4 Å². The normalized spacial score (nSPS) is 14.5. The van der Waals surface area contributed by atoms with Crippen molar-refractivity contribution >= 4 is 17.2 Å². The maximum atomic E-state index is 11.9. The van der Waals surface area contributed by atoms with E-state index in [0.29, 0.717) is 24.8 Å². The second-order valence-electron chi connectivity index (χ2n) is 5.24. The Morgan fingerprint density at radius 3 is 2.67 bits per heavy atom. The second kappa shape index (κ2) is 7.54. The number of thiophene rings is 1. The van der Waals surface area contributed by atoms with Crippen LogP contribution in [-0.4, -0.2) is 12.5 Å². The van der Waals surface area contributed by atoms with Crippen LogP contribution in [0.4, 0.5) is 0 Å². The number of hydrogen-bond acceptors (Lipinski definition) is 3. The Morgan fingerprint density at radius 2 is 2.17 bits per heavy atom. The van der Waals surface area contributed by atoms with Gasteiger partial charge in [0.15, 0.2) is 0 Å². The Balaban J connectivity index is 2.40. The summed E-state index contributed by atoms with van der Waals surface area (Å²) in [5, 5.41) is 5.06. The van der Waals surface area contributed by atoms with Crippen molar-refractivity contribution in [2.45, 2.75) is 39.7 Å². The van der Waals surface area contributed by atoms with Gasteiger partial charge in [0, 0.05) is 11.3 Å². The molecule has 4 heteroatoms. The maximum absolute atomic E-state index is 11.9. The summed E-state index contributed by atoms with van der Waals surface area (Å²) in [6.07, 6.45) is 1.54. The number of nitrogens with one attached hydrogen (secondary N) is 1. The molecule has 1 heterocycles. The summed E-state index contributed by atoms with van der Waals surface area (Å²) in [7, 11) is 0. The van der Waals surface area contributed by atoms with Crippen LogP contribution in [0.25, 0.3) is 0 Å². The lowest BCUT2D eigenvalue weighted by Gasteiger charge is -2.18. The van der Waals surface area contributed by atoms with Crippen molar-refractivity contribution in [1.82, 2.24) is 5.32 Å². The second-order valence-corrected chi connectivity index (χ2v) is 6.22. The Morgan fingerprint density at radius 1 is 1.44 bits per heavy atom. The maximum Gasteiger partial charge on any atom is 0.220 e. The van der Waals surface area contributed by atoms with Gasteiger partial charge < -0.3 is 11.1 Å². The molecule has 0 aliphatic heterocycles. The van der Waals surface area contributed by atoms with E-state index < -0.39 is 0 Å². The van der Waals surface area contributed by atoms with E-state index in [-0.39, 0.29) is 11.9 Å². The van der Waals surface area contributed by atoms with Gasteiger partial charge in [-0.25, -0.2) is 0 Å². The molecule has 0 fully saturated rings. The van der Waals surface area contributed by atoms with Crippen LogP contribution < -0.4 is 11.1 Å². The first-order valence-corrected chi connectivity index (χ1v) is 7.43. The first-order valence-electron chi connectivity index (χ1n) is 6.55. The van der Waals surface area contributed by atoms with Gasteiger partial charge >= 0.3 is 0 Å². The molecule has 0 aromatic carbocycles. The molecule has 102 valence electrons. The molecule has 18 heavy (non-hydrogen) atoms. The van der Waals surface area contributed by atoms with E-state index in [9.17, 15) is 4.79 Å². The van der Waals surface area contributed by atoms with Crippen LogP contribution in [0.1, 0.15) is 44.5 Å². The predicted molar refractivity (Wildman–Crippen MR) is 77.5 cm³/mol. The molecule has 1 amide bonds. The van der Waals surface area contributed by atoms with Crippen molar-refractivity contribution in [1.29, 1.82) is 0 Å². The third kappa shape index (κ3) is 5.19. The SMILES string of the molecule is CC(C)C[C@H](CN)CC(=O)N[C@H](C)c1cccs1. The van der Waals surface area contributed by atoms with E-state index in [1.165, 1.54) is 4.88 Å². The van der Waals surface area contributed by atoms with Crippen molar-refractivity contribution in [2.24, 2.45) is 17.6 Å². The van der Waals surface area contributed by atoms with Crippen molar-refractivity contribution < 1.29 is 4.79 Å². The average Bonchev–Trinajstić information content (AvgIpc) is 2.80. The van der Waals surface area contributed by atoms with Gasteiger partial charge in [0.2, 0.25) is 5.91 Å². The van der Waals surface area contributed by atoms with Crippen LogP contribution in [0, 0.1) is 11.8 Å². The molecule has 0 radical (unpaired) electrons. The molecular formula is C14H24N2OS. The van der Waals surface area contributed by atoms with Crippen LogP contribution in [0.15, 0.2) is 17.5 Å². The fraction of sp³-hybridized carbons (Fsp3) is 0.643. The first kappa shape index (κ1) is 15.2. The third-order valence-corrected chi connectivity index (χ3v) is 4.01. The number of carbonyl (C=O) groups excluding carboxylic acids is 1. The first-order chi connectivity index (χ1) is 8.52. The molecule has 0 aliphatic carbocycles. The summed E-state index contributed by atoms with van der Waals surface area (Å²) >= 11 is 1.67. The minimum absolute atomic E-state index is 0.0926. The number of hydrogen-bond donors (Lipinski definition) is 2. The lowest BCUT2D eigenvalue weighted by molar-refractivity contribution is -0.122. The molecule has 0 unspecified atom stereocenters. The predicted octanol–water partition coefficient (Wildman–Crippen LogP) is 2.94. The van der Waals surface area contributed by atoms with Crippen LogP contribution in [0.3, 0.4) is 0 Å². The number of amides is 1. The van der Waals surface area contributed by atoms with Crippen LogP contribution >= 0.6 is 11.3 Å². The van der Waals surface area contributed by atoms with E-state index in [1.807, 2.05) is 24.4 Å². The van der Waals surface area contributed by atoms with Gasteiger partial charge in [-0.3, -0.25) is 4.79 Å². The topological polar surface area (TPSA) is 55.1 Å². The number of carbonyl (C=O) groups is 1. The minimum Gasteiger partial charge on any atom is -0.349 e. The van der Waals surface area contributed by atoms with Gasteiger partial charge in [-0.15, -0.1) is 11.3 Å². The zero-order valence-electron chi connectivity index (χ0n) is 11.5. The van der Waals surface area contributed by atoms with Crippen molar-refractivity contribution in [3.8, 4) is 0 Å². The smallest absolute Gasteiger partial charge is 0.220 e. The largest absolute Gasteiger partial charge is 0.349 e. The van der Waals surface area contributed by atoms with Crippen LogP contribution in [0.5, 0.6) is 0 Å². The number of rotatable bonds is 7. The zero-order chi connectivity index (χ0) is 13.5. The lowest BCUT2D eigenvalue weighted by atomic mass is 9.94. The molecule has 3 nitrogen and oxygen atoms in total. The highest BCUT2D eigenvalue weighted by Gasteiger charge is 2.16. The van der Waals surface area contributed by atoms with E-state index in [1.54, 1.807) is 11.3 Å². The van der Waals surface area contributed by atoms with Gasteiger partial charge in [0.1, 0.15) is 0 Å². The fourth-order valence-electron chi connectivity index (χ4n) is 2.10. The molecule has 0 saturated carbocycles. The molecule has 0 bridgehead atoms. The minimum atomic E-state index is 0.0926. The van der Waals surface area contributed by atoms with Crippen molar-refractivity contribution in [3.63, 3.8) is 0 Å². The molecule has 0 saturated heterocycles. The van der Waals surface area contributed by atoms with Gasteiger partial charge in [-0.2, -0.15) is 0 Å². The Labute approximate surface area is 114 Å². The van der Waals surface area contributed by atoms with E-state index in [2.05, 4.69) is 19.2 Å². The summed E-state index contributed by atoms with van der Waals surface area (Å²) in [6, 6.07) is 4.14. The van der Waals surface area contributed by atoms with Gasteiger partial charge in [0.25, 0.3) is 0 Å². The highest BCUT2D eigenvalue weighted by molar-refractivity contribution is 7.10. The molecule has 2 atom stereocenters. The van der Waals surface area contributed by atoms with Crippen molar-refractivity contribution in [2.75, 3.05) is 6.54 Å². The third-order valence-electron chi connectivity index (χ3n) is 2.96. The summed E-state index contributed by atoms with van der Waals surface area (Å²) in [6.45, 7) is 6.92. The monoisotopic (exact) mass is 268 g/mol. The van der Waals surface area contributed by atoms with E-state index in [4.69, 9.17) is 5.73 Å². The average molecular weight is 268 g/mol. The Kier molecular flexibility index (Phi) is 6.36. The summed E-state index contributed by atoms with van der Waals surface area (Å²) in [5.74, 6) is 0.980. The molecule has 3 N–H and O–H groups in total. The fourth-order valence-corrected chi connectivity index (χ4v) is 2.84. The summed E-state index contributed by atoms with van der Waals surface area (Å²) in [5.41, 5.74) is 5.72. The van der Waals surface area contributed by atoms with E-state index in [0.717, 1.165) is 6.42 Å². The van der Waals surface area contributed by atoms with Gasteiger partial charge in [-0.05, 0) is 43.2 Å². The Bertz CT molecular complexity index is 349. The molecular weight excluding hydrogens is 244 g/mol. The quantitative estimate of drug-likeness (QED) is 0.799. The lowest BCUT2D eigenvalue weighted by Crippen LogP contribution is -2.30. The standard InChI is InChI=1S/C14H24N2OS/c1-10(2)7-12(9-15)8-14(17)16-11(3)13-5-4-6-18-13/h4-6,10-12H,7-9,15H2,1-3H3,(H,16,17)/t11-,12+/m1/s1. The summed E-state index contributed by atoms with van der Waals surface area (Å²) in [4.78, 5) is 13.1. The van der Waals surface area contributed by atoms with Crippen LogP contribution in [0.2, 0.25) is 0 Å². The molecule has 0 aliphatic rings. The molecule has 1 aromatic heterocycles. The highest BCUT2D eigenvalue weighted by atomic mass is 32.1.